The molecule has 0 atom stereocenters. The lowest BCUT2D eigenvalue weighted by Gasteiger charge is -2.42. The molecular formula is C25H34. The van der Waals surface area contributed by atoms with Crippen molar-refractivity contribution in [2.45, 2.75) is 84.0 Å². The van der Waals surface area contributed by atoms with Gasteiger partial charge in [-0.05, 0) is 77.2 Å². The molecule has 3 rings (SSSR count). The standard InChI is InChI=1S/C25H34/c1-6-19-10-12-20(13-11-19)8-7-9-21-14-15-22-23(18-21)25(4,5)17-16-24(22,2)3/h10-15,18H,6-9,16-17H2,1-5H3. The van der Waals surface area contributed by atoms with Crippen LogP contribution in [0.1, 0.15) is 81.7 Å². The summed E-state index contributed by atoms with van der Waals surface area (Å²) in [6, 6.07) is 16.5. The monoisotopic (exact) mass is 334 g/mol. The van der Waals surface area contributed by atoms with Crippen LogP contribution in [0.15, 0.2) is 42.5 Å². The lowest BCUT2D eigenvalue weighted by atomic mass is 9.63. The maximum absolute atomic E-state index is 2.51. The van der Waals surface area contributed by atoms with Crippen molar-refractivity contribution in [3.63, 3.8) is 0 Å². The molecule has 0 heterocycles. The highest BCUT2D eigenvalue weighted by Gasteiger charge is 2.36. The van der Waals surface area contributed by atoms with Gasteiger partial charge in [0.05, 0.1) is 0 Å². The molecule has 0 amide bonds. The van der Waals surface area contributed by atoms with Gasteiger partial charge in [0.15, 0.2) is 0 Å². The molecule has 0 radical (unpaired) electrons. The number of rotatable bonds is 5. The lowest BCUT2D eigenvalue weighted by molar-refractivity contribution is 0.331. The molecule has 0 heteroatoms. The fraction of sp³-hybridized carbons (Fsp3) is 0.520. The molecular weight excluding hydrogens is 300 g/mol. The molecule has 1 aliphatic carbocycles. The Morgan fingerprint density at radius 1 is 0.680 bits per heavy atom. The summed E-state index contributed by atoms with van der Waals surface area (Å²) in [5.41, 5.74) is 8.21. The summed E-state index contributed by atoms with van der Waals surface area (Å²) >= 11 is 0. The Morgan fingerprint density at radius 3 is 1.84 bits per heavy atom. The van der Waals surface area contributed by atoms with E-state index < -0.39 is 0 Å². The molecule has 0 N–H and O–H groups in total. The molecule has 25 heavy (non-hydrogen) atoms. The molecule has 0 aromatic heterocycles. The average molecular weight is 335 g/mol. The van der Waals surface area contributed by atoms with Crippen LogP contribution in [0.2, 0.25) is 0 Å². The molecule has 0 spiro atoms. The largest absolute Gasteiger partial charge is 0.0613 e. The minimum Gasteiger partial charge on any atom is -0.0613 e. The van der Waals surface area contributed by atoms with Crippen molar-refractivity contribution in [3.8, 4) is 0 Å². The first-order valence-electron chi connectivity index (χ1n) is 10.0. The van der Waals surface area contributed by atoms with E-state index in [0.717, 1.165) is 6.42 Å². The zero-order valence-corrected chi connectivity index (χ0v) is 16.8. The van der Waals surface area contributed by atoms with Gasteiger partial charge < -0.3 is 0 Å². The van der Waals surface area contributed by atoms with Gasteiger partial charge in [-0.1, -0.05) is 77.1 Å². The zero-order chi connectivity index (χ0) is 18.1. The maximum atomic E-state index is 2.51. The van der Waals surface area contributed by atoms with Crippen molar-refractivity contribution in [1.82, 2.24) is 0 Å². The van der Waals surface area contributed by atoms with Crippen LogP contribution in [0.5, 0.6) is 0 Å². The summed E-state index contributed by atoms with van der Waals surface area (Å²) in [5.74, 6) is 0. The summed E-state index contributed by atoms with van der Waals surface area (Å²) in [5, 5.41) is 0. The molecule has 0 saturated carbocycles. The molecule has 134 valence electrons. The quantitative estimate of drug-likeness (QED) is 0.566. The summed E-state index contributed by atoms with van der Waals surface area (Å²) in [4.78, 5) is 0. The first-order chi connectivity index (χ1) is 11.8. The Labute approximate surface area is 154 Å². The Bertz CT molecular complexity index is 716. The third kappa shape index (κ3) is 4.00. The Balaban J connectivity index is 1.69. The predicted molar refractivity (Wildman–Crippen MR) is 110 cm³/mol. The van der Waals surface area contributed by atoms with E-state index in [1.807, 2.05) is 0 Å². The van der Waals surface area contributed by atoms with Gasteiger partial charge in [-0.3, -0.25) is 0 Å². The van der Waals surface area contributed by atoms with Crippen LogP contribution in [-0.4, -0.2) is 0 Å². The number of hydrogen-bond donors (Lipinski definition) is 0. The van der Waals surface area contributed by atoms with E-state index >= 15 is 0 Å². The molecule has 0 fully saturated rings. The van der Waals surface area contributed by atoms with Crippen molar-refractivity contribution in [1.29, 1.82) is 0 Å². The fourth-order valence-electron chi connectivity index (χ4n) is 4.23. The SMILES string of the molecule is CCc1ccc(CCCc2ccc3c(c2)C(C)(C)CCC3(C)C)cc1. The van der Waals surface area contributed by atoms with Gasteiger partial charge in [-0.2, -0.15) is 0 Å². The van der Waals surface area contributed by atoms with E-state index in [1.165, 1.54) is 48.8 Å². The molecule has 0 bridgehead atoms. The summed E-state index contributed by atoms with van der Waals surface area (Å²) in [6.07, 6.45) is 7.30. The van der Waals surface area contributed by atoms with Crippen molar-refractivity contribution in [3.05, 3.63) is 70.3 Å². The van der Waals surface area contributed by atoms with Gasteiger partial charge in [0.2, 0.25) is 0 Å². The lowest BCUT2D eigenvalue weighted by Crippen LogP contribution is -2.33. The minimum absolute atomic E-state index is 0.316. The second-order valence-electron chi connectivity index (χ2n) is 9.17. The molecule has 0 saturated heterocycles. The Hall–Kier alpha value is -1.56. The van der Waals surface area contributed by atoms with Crippen LogP contribution >= 0.6 is 0 Å². The number of benzene rings is 2. The van der Waals surface area contributed by atoms with Crippen molar-refractivity contribution in [2.75, 3.05) is 0 Å². The highest BCUT2D eigenvalue weighted by Crippen LogP contribution is 2.45. The first-order valence-corrected chi connectivity index (χ1v) is 10.0. The Morgan fingerprint density at radius 2 is 1.20 bits per heavy atom. The van der Waals surface area contributed by atoms with Crippen LogP contribution in [0.3, 0.4) is 0 Å². The molecule has 0 nitrogen and oxygen atoms in total. The van der Waals surface area contributed by atoms with Gasteiger partial charge in [0.1, 0.15) is 0 Å². The normalized spacial score (nSPS) is 18.0. The third-order valence-corrected chi connectivity index (χ3v) is 6.28. The smallest absolute Gasteiger partial charge is 0.0100 e. The topological polar surface area (TPSA) is 0 Å². The van der Waals surface area contributed by atoms with E-state index in [0.29, 0.717) is 10.8 Å². The van der Waals surface area contributed by atoms with Crippen LogP contribution in [0, 0.1) is 0 Å². The second-order valence-corrected chi connectivity index (χ2v) is 9.17. The first kappa shape index (κ1) is 18.2. The van der Waals surface area contributed by atoms with Crippen molar-refractivity contribution in [2.24, 2.45) is 0 Å². The van der Waals surface area contributed by atoms with Crippen molar-refractivity contribution < 1.29 is 0 Å². The third-order valence-electron chi connectivity index (χ3n) is 6.28. The molecule has 2 aromatic carbocycles. The molecule has 2 aromatic rings. The van der Waals surface area contributed by atoms with Gasteiger partial charge >= 0.3 is 0 Å². The van der Waals surface area contributed by atoms with Crippen LogP contribution in [0.4, 0.5) is 0 Å². The summed E-state index contributed by atoms with van der Waals surface area (Å²) < 4.78 is 0. The Kier molecular flexibility index (Phi) is 5.09. The number of hydrogen-bond acceptors (Lipinski definition) is 0. The van der Waals surface area contributed by atoms with Gasteiger partial charge in [0.25, 0.3) is 0 Å². The molecule has 0 unspecified atom stereocenters. The van der Waals surface area contributed by atoms with Gasteiger partial charge in [-0.15, -0.1) is 0 Å². The average Bonchev–Trinajstić information content (AvgIpc) is 2.60. The van der Waals surface area contributed by atoms with E-state index in [2.05, 4.69) is 77.1 Å². The predicted octanol–water partition coefficient (Wildman–Crippen LogP) is 6.77. The van der Waals surface area contributed by atoms with Crippen LogP contribution in [-0.2, 0) is 30.1 Å². The maximum Gasteiger partial charge on any atom is -0.0100 e. The van der Waals surface area contributed by atoms with Crippen LogP contribution < -0.4 is 0 Å². The molecule has 1 aliphatic rings. The highest BCUT2D eigenvalue weighted by atomic mass is 14.4. The van der Waals surface area contributed by atoms with E-state index in [1.54, 1.807) is 11.1 Å². The number of aryl methyl sites for hydroxylation is 3. The minimum atomic E-state index is 0.316. The number of fused-ring (bicyclic) bond motifs is 1. The summed E-state index contributed by atoms with van der Waals surface area (Å²) in [6.45, 7) is 11.9. The van der Waals surface area contributed by atoms with Gasteiger partial charge in [0, 0.05) is 0 Å². The van der Waals surface area contributed by atoms with E-state index in [-0.39, 0.29) is 0 Å². The summed E-state index contributed by atoms with van der Waals surface area (Å²) in [7, 11) is 0. The van der Waals surface area contributed by atoms with E-state index in [4.69, 9.17) is 0 Å². The highest BCUT2D eigenvalue weighted by molar-refractivity contribution is 5.43. The van der Waals surface area contributed by atoms with Gasteiger partial charge in [-0.25, -0.2) is 0 Å². The fourth-order valence-corrected chi connectivity index (χ4v) is 4.23. The van der Waals surface area contributed by atoms with Crippen LogP contribution in [0.25, 0.3) is 0 Å². The van der Waals surface area contributed by atoms with Crippen molar-refractivity contribution >= 4 is 0 Å². The zero-order valence-electron chi connectivity index (χ0n) is 16.8. The second kappa shape index (κ2) is 6.98. The van der Waals surface area contributed by atoms with E-state index in [9.17, 15) is 0 Å². The molecule has 0 aliphatic heterocycles.